The molecule has 0 unspecified atom stereocenters. The van der Waals surface area contributed by atoms with E-state index < -0.39 is 0 Å². The SMILES string of the molecule is CC1(C)CCC(C)(C)c2cc3c(cc21)c1cc2c4c5ccccc5ccc4n(-c4ccccc4)c2cc1n3-c1nc(-c2ccccc2)nc(-c2ccccc2)n1. The van der Waals surface area contributed by atoms with Crippen molar-refractivity contribution in [1.29, 1.82) is 0 Å². The van der Waals surface area contributed by atoms with Crippen LogP contribution in [0.4, 0.5) is 0 Å². The highest BCUT2D eigenvalue weighted by Crippen LogP contribution is 2.49. The first kappa shape index (κ1) is 32.8. The maximum absolute atomic E-state index is 5.33. The molecule has 3 heterocycles. The van der Waals surface area contributed by atoms with E-state index in [1.54, 1.807) is 0 Å². The molecule has 0 atom stereocenters. The molecule has 10 aromatic rings. The molecule has 11 rings (SSSR count). The average Bonchev–Trinajstić information content (AvgIpc) is 3.73. The molecular weight excluding hydrogens is 683 g/mol. The molecule has 0 saturated heterocycles. The molecule has 7 aromatic carbocycles. The Bertz CT molecular complexity index is 3110. The quantitative estimate of drug-likeness (QED) is 0.182. The van der Waals surface area contributed by atoms with Gasteiger partial charge in [-0.15, -0.1) is 0 Å². The van der Waals surface area contributed by atoms with Crippen LogP contribution in [0, 0.1) is 0 Å². The molecule has 0 aliphatic heterocycles. The summed E-state index contributed by atoms with van der Waals surface area (Å²) in [5.41, 5.74) is 10.4. The number of aromatic nitrogens is 5. The van der Waals surface area contributed by atoms with Crippen LogP contribution in [0.2, 0.25) is 0 Å². The molecule has 270 valence electrons. The molecule has 0 N–H and O–H groups in total. The highest BCUT2D eigenvalue weighted by Gasteiger charge is 2.38. The Morgan fingerprint density at radius 1 is 0.429 bits per heavy atom. The Kier molecular flexibility index (Phi) is 7.00. The Morgan fingerprint density at radius 3 is 1.62 bits per heavy atom. The van der Waals surface area contributed by atoms with Gasteiger partial charge in [0.2, 0.25) is 5.95 Å². The number of nitrogens with zero attached hydrogens (tertiary/aromatic N) is 5. The average molecular weight is 724 g/mol. The lowest BCUT2D eigenvalue weighted by Gasteiger charge is -2.42. The topological polar surface area (TPSA) is 48.5 Å². The first-order chi connectivity index (χ1) is 27.2. The third-order valence-corrected chi connectivity index (χ3v) is 12.4. The van der Waals surface area contributed by atoms with E-state index in [1.165, 1.54) is 49.0 Å². The lowest BCUT2D eigenvalue weighted by molar-refractivity contribution is 0.332. The van der Waals surface area contributed by atoms with Gasteiger partial charge in [0.15, 0.2) is 11.6 Å². The van der Waals surface area contributed by atoms with Crippen molar-refractivity contribution in [1.82, 2.24) is 24.1 Å². The molecule has 0 radical (unpaired) electrons. The second-order valence-corrected chi connectivity index (χ2v) is 16.8. The number of para-hydroxylation sites is 1. The molecule has 1 aliphatic carbocycles. The fourth-order valence-corrected chi connectivity index (χ4v) is 9.32. The molecule has 0 amide bonds. The summed E-state index contributed by atoms with van der Waals surface area (Å²) in [4.78, 5) is 15.7. The van der Waals surface area contributed by atoms with Crippen LogP contribution in [-0.4, -0.2) is 24.1 Å². The van der Waals surface area contributed by atoms with Crippen LogP contribution in [0.1, 0.15) is 51.7 Å². The highest BCUT2D eigenvalue weighted by atomic mass is 15.2. The van der Waals surface area contributed by atoms with Crippen molar-refractivity contribution in [3.63, 3.8) is 0 Å². The normalized spacial score (nSPS) is 14.9. The second kappa shape index (κ2) is 12.0. The predicted octanol–water partition coefficient (Wildman–Crippen LogP) is 12.9. The van der Waals surface area contributed by atoms with Gasteiger partial charge in [-0.25, -0.2) is 4.98 Å². The Morgan fingerprint density at radius 2 is 0.964 bits per heavy atom. The van der Waals surface area contributed by atoms with E-state index >= 15 is 0 Å². The predicted molar refractivity (Wildman–Crippen MR) is 232 cm³/mol. The molecule has 56 heavy (non-hydrogen) atoms. The standard InChI is InChI=1S/C51H41N5/c1-50(2)26-27-51(3,4)41-30-43-38(29-40(41)50)37-28-39-45(55(35-21-12-7-13-22-35)42-25-24-32-16-14-15-23-36(32)46(39)42)31-44(37)56(43)49-53-47(33-17-8-5-9-18-33)52-48(54-49)34-19-10-6-11-20-34/h5-25,28-31H,26-27H2,1-4H3. The van der Waals surface area contributed by atoms with Gasteiger partial charge >= 0.3 is 0 Å². The lowest BCUT2D eigenvalue weighted by Crippen LogP contribution is -2.33. The van der Waals surface area contributed by atoms with E-state index in [4.69, 9.17) is 15.0 Å². The number of hydrogen-bond acceptors (Lipinski definition) is 3. The number of hydrogen-bond donors (Lipinski definition) is 0. The van der Waals surface area contributed by atoms with Crippen LogP contribution in [0.25, 0.3) is 88.8 Å². The minimum Gasteiger partial charge on any atom is -0.309 e. The third kappa shape index (κ3) is 4.90. The molecule has 0 spiro atoms. The van der Waals surface area contributed by atoms with Crippen LogP contribution in [0.3, 0.4) is 0 Å². The number of benzene rings is 7. The molecule has 0 fully saturated rings. The fraction of sp³-hybridized carbons (Fsp3) is 0.157. The van der Waals surface area contributed by atoms with Gasteiger partial charge in [-0.1, -0.05) is 137 Å². The van der Waals surface area contributed by atoms with E-state index in [-0.39, 0.29) is 10.8 Å². The number of rotatable bonds is 4. The van der Waals surface area contributed by atoms with E-state index in [0.29, 0.717) is 17.6 Å². The molecule has 0 saturated carbocycles. The molecule has 0 bridgehead atoms. The summed E-state index contributed by atoms with van der Waals surface area (Å²) >= 11 is 0. The molecule has 3 aromatic heterocycles. The number of fused-ring (bicyclic) bond motifs is 9. The van der Waals surface area contributed by atoms with Crippen molar-refractivity contribution >= 4 is 54.4 Å². The van der Waals surface area contributed by atoms with Gasteiger partial charge in [0, 0.05) is 38.4 Å². The largest absolute Gasteiger partial charge is 0.309 e. The minimum absolute atomic E-state index is 0.0214. The third-order valence-electron chi connectivity index (χ3n) is 12.4. The molecule has 5 heteroatoms. The van der Waals surface area contributed by atoms with Crippen molar-refractivity contribution in [2.45, 2.75) is 51.4 Å². The van der Waals surface area contributed by atoms with Crippen molar-refractivity contribution < 1.29 is 0 Å². The lowest BCUT2D eigenvalue weighted by atomic mass is 9.63. The molecule has 1 aliphatic rings. The van der Waals surface area contributed by atoms with E-state index in [2.05, 4.69) is 152 Å². The second-order valence-electron chi connectivity index (χ2n) is 16.8. The monoisotopic (exact) mass is 723 g/mol. The summed E-state index contributed by atoms with van der Waals surface area (Å²) in [5.74, 6) is 1.90. The highest BCUT2D eigenvalue weighted by molar-refractivity contribution is 6.25. The fourth-order valence-electron chi connectivity index (χ4n) is 9.32. The first-order valence-electron chi connectivity index (χ1n) is 19.7. The minimum atomic E-state index is 0.0214. The van der Waals surface area contributed by atoms with Crippen LogP contribution in [0.5, 0.6) is 0 Å². The van der Waals surface area contributed by atoms with Gasteiger partial charge < -0.3 is 4.57 Å². The Labute approximate surface area is 325 Å². The summed E-state index contributed by atoms with van der Waals surface area (Å²) in [6.07, 6.45) is 2.28. The van der Waals surface area contributed by atoms with E-state index in [9.17, 15) is 0 Å². The van der Waals surface area contributed by atoms with Crippen LogP contribution in [0.15, 0.2) is 152 Å². The van der Waals surface area contributed by atoms with Crippen LogP contribution >= 0.6 is 0 Å². The zero-order valence-electron chi connectivity index (χ0n) is 32.1. The van der Waals surface area contributed by atoms with Crippen molar-refractivity contribution in [3.05, 3.63) is 163 Å². The summed E-state index contributed by atoms with van der Waals surface area (Å²) in [7, 11) is 0. The summed E-state index contributed by atoms with van der Waals surface area (Å²) in [6, 6.07) is 54.4. The van der Waals surface area contributed by atoms with Crippen molar-refractivity contribution in [2.24, 2.45) is 0 Å². The smallest absolute Gasteiger partial charge is 0.238 e. The van der Waals surface area contributed by atoms with Gasteiger partial charge in [-0.05, 0) is 88.0 Å². The van der Waals surface area contributed by atoms with Gasteiger partial charge in [-0.2, -0.15) is 9.97 Å². The van der Waals surface area contributed by atoms with E-state index in [0.717, 1.165) is 46.2 Å². The first-order valence-corrected chi connectivity index (χ1v) is 19.7. The Balaban J connectivity index is 1.33. The maximum atomic E-state index is 5.33. The molecular formula is C51H41N5. The summed E-state index contributed by atoms with van der Waals surface area (Å²) in [5, 5.41) is 7.40. The van der Waals surface area contributed by atoms with Gasteiger partial charge in [0.25, 0.3) is 0 Å². The Hall–Kier alpha value is -6.59. The van der Waals surface area contributed by atoms with E-state index in [1.807, 2.05) is 36.4 Å². The van der Waals surface area contributed by atoms with Gasteiger partial charge in [0.05, 0.1) is 22.1 Å². The zero-order valence-corrected chi connectivity index (χ0v) is 32.1. The summed E-state index contributed by atoms with van der Waals surface area (Å²) < 4.78 is 4.74. The van der Waals surface area contributed by atoms with Gasteiger partial charge in [-0.3, -0.25) is 4.57 Å². The van der Waals surface area contributed by atoms with Crippen molar-refractivity contribution in [3.8, 4) is 34.4 Å². The summed E-state index contributed by atoms with van der Waals surface area (Å²) in [6.45, 7) is 9.62. The maximum Gasteiger partial charge on any atom is 0.238 e. The molecule has 5 nitrogen and oxygen atoms in total. The van der Waals surface area contributed by atoms with Crippen molar-refractivity contribution in [2.75, 3.05) is 0 Å². The van der Waals surface area contributed by atoms with Crippen LogP contribution in [-0.2, 0) is 10.8 Å². The van der Waals surface area contributed by atoms with Gasteiger partial charge in [0.1, 0.15) is 0 Å². The van der Waals surface area contributed by atoms with Crippen LogP contribution < -0.4 is 0 Å². The zero-order chi connectivity index (χ0) is 37.8.